The Balaban J connectivity index is 1.64. The van der Waals surface area contributed by atoms with E-state index in [0.717, 1.165) is 0 Å². The smallest absolute Gasteiger partial charge is 0.321 e. The minimum atomic E-state index is -0.699. The summed E-state index contributed by atoms with van der Waals surface area (Å²) in [5.74, 6) is -0.00313. The highest BCUT2D eigenvalue weighted by atomic mass is 35.5. The summed E-state index contributed by atoms with van der Waals surface area (Å²) in [7, 11) is 1.56. The van der Waals surface area contributed by atoms with Crippen LogP contribution in [-0.4, -0.2) is 55.0 Å². The van der Waals surface area contributed by atoms with Gasteiger partial charge in [-0.15, -0.1) is 0 Å². The third kappa shape index (κ3) is 6.87. The number of hydrogen-bond donors (Lipinski definition) is 3. The zero-order valence-corrected chi connectivity index (χ0v) is 20.4. The molecule has 2 aromatic carbocycles. The molecule has 9 heteroatoms. The fourth-order valence-electron chi connectivity index (χ4n) is 3.94. The monoisotopic (exact) mass is 486 g/mol. The molecule has 0 unspecified atom stereocenters. The van der Waals surface area contributed by atoms with E-state index in [2.05, 4.69) is 16.0 Å². The van der Waals surface area contributed by atoms with Gasteiger partial charge in [-0.25, -0.2) is 4.79 Å². The molecule has 182 valence electrons. The van der Waals surface area contributed by atoms with Crippen LogP contribution in [0.3, 0.4) is 0 Å². The van der Waals surface area contributed by atoms with E-state index in [1.165, 1.54) is 0 Å². The second-order valence-electron chi connectivity index (χ2n) is 8.61. The number of likely N-dealkylation sites (tertiary alicyclic amines) is 1. The molecule has 1 heterocycles. The Labute approximate surface area is 205 Å². The number of amides is 4. The summed E-state index contributed by atoms with van der Waals surface area (Å²) < 4.78 is 5.14. The normalized spacial score (nSPS) is 14.9. The number of ether oxygens (including phenoxy) is 1. The van der Waals surface area contributed by atoms with E-state index >= 15 is 0 Å². The van der Waals surface area contributed by atoms with Crippen LogP contribution in [0.4, 0.5) is 10.5 Å². The molecule has 4 amide bonds. The van der Waals surface area contributed by atoms with E-state index < -0.39 is 6.04 Å². The van der Waals surface area contributed by atoms with E-state index in [4.69, 9.17) is 16.3 Å². The molecule has 1 aliphatic heterocycles. The average Bonchev–Trinajstić information content (AvgIpc) is 2.82. The second-order valence-corrected chi connectivity index (χ2v) is 9.04. The van der Waals surface area contributed by atoms with Crippen molar-refractivity contribution in [1.82, 2.24) is 15.5 Å². The first kappa shape index (κ1) is 25.4. The van der Waals surface area contributed by atoms with Crippen molar-refractivity contribution in [3.05, 3.63) is 59.1 Å². The molecule has 0 spiro atoms. The number of nitrogens with zero attached hydrogens (tertiary/aromatic N) is 1. The third-order valence-corrected chi connectivity index (χ3v) is 5.96. The Hall–Kier alpha value is -3.26. The van der Waals surface area contributed by atoms with Crippen LogP contribution in [0.25, 0.3) is 0 Å². The first-order valence-corrected chi connectivity index (χ1v) is 11.7. The number of piperidine rings is 1. The van der Waals surface area contributed by atoms with Gasteiger partial charge in [0.25, 0.3) is 5.91 Å². The maximum atomic E-state index is 13.0. The van der Waals surface area contributed by atoms with Crippen LogP contribution in [0.1, 0.15) is 37.0 Å². The summed E-state index contributed by atoms with van der Waals surface area (Å²) in [6.45, 7) is 4.70. The fraction of sp³-hybridized carbons (Fsp3) is 0.400. The van der Waals surface area contributed by atoms with Gasteiger partial charge in [0.1, 0.15) is 11.8 Å². The summed E-state index contributed by atoms with van der Waals surface area (Å²) in [4.78, 5) is 40.2. The Morgan fingerprint density at radius 1 is 1.03 bits per heavy atom. The summed E-state index contributed by atoms with van der Waals surface area (Å²) in [6, 6.07) is 12.7. The number of rotatable bonds is 7. The van der Waals surface area contributed by atoms with Crippen molar-refractivity contribution in [1.29, 1.82) is 0 Å². The van der Waals surface area contributed by atoms with Crippen LogP contribution in [0.2, 0.25) is 5.02 Å². The molecule has 1 aliphatic rings. The van der Waals surface area contributed by atoms with Gasteiger partial charge < -0.3 is 25.6 Å². The van der Waals surface area contributed by atoms with Gasteiger partial charge in [-0.3, -0.25) is 9.59 Å². The molecule has 3 N–H and O–H groups in total. The lowest BCUT2D eigenvalue weighted by Crippen LogP contribution is -2.55. The van der Waals surface area contributed by atoms with E-state index in [0.29, 0.717) is 48.0 Å². The van der Waals surface area contributed by atoms with E-state index in [1.807, 2.05) is 13.8 Å². The third-order valence-electron chi connectivity index (χ3n) is 5.73. The summed E-state index contributed by atoms with van der Waals surface area (Å²) in [5.41, 5.74) is 1.07. The van der Waals surface area contributed by atoms with Crippen molar-refractivity contribution < 1.29 is 19.1 Å². The highest BCUT2D eigenvalue weighted by Gasteiger charge is 2.34. The van der Waals surface area contributed by atoms with Gasteiger partial charge in [-0.1, -0.05) is 17.7 Å². The van der Waals surface area contributed by atoms with Crippen molar-refractivity contribution >= 4 is 35.1 Å². The highest BCUT2D eigenvalue weighted by Crippen LogP contribution is 2.23. The number of anilines is 1. The molecule has 0 saturated carbocycles. The van der Waals surface area contributed by atoms with E-state index in [1.54, 1.807) is 60.5 Å². The lowest BCUT2D eigenvalue weighted by Gasteiger charge is -2.36. The topological polar surface area (TPSA) is 99.8 Å². The number of methoxy groups -OCH3 is 1. The van der Waals surface area contributed by atoms with Gasteiger partial charge >= 0.3 is 6.03 Å². The summed E-state index contributed by atoms with van der Waals surface area (Å²) >= 11 is 5.99. The number of halogens is 1. The minimum absolute atomic E-state index is 0.0588. The van der Waals surface area contributed by atoms with Crippen molar-refractivity contribution in [2.45, 2.75) is 38.8 Å². The molecule has 0 bridgehead atoms. The molecular weight excluding hydrogens is 456 g/mol. The number of nitrogens with one attached hydrogen (secondary N) is 3. The first-order chi connectivity index (χ1) is 16.3. The van der Waals surface area contributed by atoms with Crippen molar-refractivity contribution in [2.24, 2.45) is 5.92 Å². The zero-order chi connectivity index (χ0) is 24.7. The van der Waals surface area contributed by atoms with Crippen molar-refractivity contribution in [2.75, 3.05) is 25.5 Å². The molecule has 0 aliphatic carbocycles. The van der Waals surface area contributed by atoms with Crippen molar-refractivity contribution in [3.63, 3.8) is 0 Å². The van der Waals surface area contributed by atoms with Gasteiger partial charge in [-0.05, 0) is 75.1 Å². The Kier molecular flexibility index (Phi) is 8.76. The minimum Gasteiger partial charge on any atom is -0.497 e. The van der Waals surface area contributed by atoms with E-state index in [9.17, 15) is 14.4 Å². The number of benzene rings is 2. The van der Waals surface area contributed by atoms with Gasteiger partial charge in [0.15, 0.2) is 0 Å². The number of hydrogen-bond acceptors (Lipinski definition) is 4. The maximum Gasteiger partial charge on any atom is 0.321 e. The number of urea groups is 1. The van der Waals surface area contributed by atoms with Crippen LogP contribution < -0.4 is 20.7 Å². The van der Waals surface area contributed by atoms with E-state index in [-0.39, 0.29) is 29.8 Å². The van der Waals surface area contributed by atoms with Crippen LogP contribution >= 0.6 is 11.6 Å². The SMILES string of the molecule is COc1ccc(C(=O)N[C@H](C(=O)NC(C)C)C2CCN(C(=O)Nc3cccc(Cl)c3)CC2)cc1. The van der Waals surface area contributed by atoms with Gasteiger partial charge in [0.05, 0.1) is 7.11 Å². The quantitative estimate of drug-likeness (QED) is 0.552. The number of carbonyl (C=O) groups excluding carboxylic acids is 3. The predicted molar refractivity (Wildman–Crippen MR) is 132 cm³/mol. The largest absolute Gasteiger partial charge is 0.497 e. The molecular formula is C25H31ClN4O4. The molecule has 3 rings (SSSR count). The Morgan fingerprint density at radius 3 is 2.29 bits per heavy atom. The first-order valence-electron chi connectivity index (χ1n) is 11.3. The van der Waals surface area contributed by atoms with Gasteiger partial charge in [0.2, 0.25) is 5.91 Å². The van der Waals surface area contributed by atoms with Crippen LogP contribution in [0.5, 0.6) is 5.75 Å². The molecule has 1 fully saturated rings. The maximum absolute atomic E-state index is 13.0. The number of carbonyl (C=O) groups is 3. The lowest BCUT2D eigenvalue weighted by atomic mass is 9.88. The van der Waals surface area contributed by atoms with Crippen molar-refractivity contribution in [3.8, 4) is 5.75 Å². The summed E-state index contributed by atoms with van der Waals surface area (Å²) in [5, 5.41) is 9.21. The molecule has 2 aromatic rings. The van der Waals surface area contributed by atoms with Gasteiger partial charge in [-0.2, -0.15) is 0 Å². The highest BCUT2D eigenvalue weighted by molar-refractivity contribution is 6.30. The van der Waals surface area contributed by atoms with Crippen LogP contribution in [0.15, 0.2) is 48.5 Å². The second kappa shape index (κ2) is 11.7. The Bertz CT molecular complexity index is 1000. The zero-order valence-electron chi connectivity index (χ0n) is 19.6. The Morgan fingerprint density at radius 2 is 1.71 bits per heavy atom. The summed E-state index contributed by atoms with van der Waals surface area (Å²) in [6.07, 6.45) is 1.17. The van der Waals surface area contributed by atoms with Crippen LogP contribution in [0, 0.1) is 5.92 Å². The fourth-order valence-corrected chi connectivity index (χ4v) is 4.13. The van der Waals surface area contributed by atoms with Crippen LogP contribution in [-0.2, 0) is 4.79 Å². The average molecular weight is 487 g/mol. The standard InChI is InChI=1S/C25H31ClN4O4/c1-16(2)27-24(32)22(29-23(31)18-7-9-21(34-3)10-8-18)17-11-13-30(14-12-17)25(33)28-20-6-4-5-19(26)15-20/h4-10,15-17,22H,11-14H2,1-3H3,(H,27,32)(H,28,33)(H,29,31)/t22-/m0/s1. The molecule has 0 radical (unpaired) electrons. The molecule has 0 aromatic heterocycles. The predicted octanol–water partition coefficient (Wildman–Crippen LogP) is 3.92. The molecule has 8 nitrogen and oxygen atoms in total. The molecule has 34 heavy (non-hydrogen) atoms. The molecule has 1 saturated heterocycles. The van der Waals surface area contributed by atoms with Gasteiger partial charge in [0, 0.05) is 35.4 Å². The molecule has 1 atom stereocenters. The lowest BCUT2D eigenvalue weighted by molar-refractivity contribution is -0.125.